The second kappa shape index (κ2) is 8.20. The summed E-state index contributed by atoms with van der Waals surface area (Å²) in [5, 5.41) is 15.3. The first-order valence-corrected chi connectivity index (χ1v) is 9.13. The Labute approximate surface area is 158 Å². The van der Waals surface area contributed by atoms with E-state index in [1.807, 2.05) is 26.0 Å². The van der Waals surface area contributed by atoms with Gasteiger partial charge in [-0.05, 0) is 32.4 Å². The first-order valence-electron chi connectivity index (χ1n) is 9.13. The van der Waals surface area contributed by atoms with Gasteiger partial charge < -0.3 is 13.7 Å². The second-order valence-corrected chi connectivity index (χ2v) is 6.71. The Morgan fingerprint density at radius 2 is 2.00 bits per heavy atom. The Morgan fingerprint density at radius 1 is 1.19 bits per heavy atom. The van der Waals surface area contributed by atoms with Crippen molar-refractivity contribution in [3.63, 3.8) is 0 Å². The Balaban J connectivity index is 1.53. The van der Waals surface area contributed by atoms with Crippen molar-refractivity contribution in [1.82, 2.24) is 25.3 Å². The number of hydrogen-bond donors (Lipinski definition) is 1. The first-order chi connectivity index (χ1) is 13.0. The summed E-state index contributed by atoms with van der Waals surface area (Å²) in [6.45, 7) is 6.33. The van der Waals surface area contributed by atoms with Crippen LogP contribution in [0.3, 0.4) is 0 Å². The fourth-order valence-electron chi connectivity index (χ4n) is 2.93. The molecule has 0 saturated heterocycles. The fraction of sp³-hybridized carbons (Fsp3) is 0.474. The molecule has 0 bridgehead atoms. The zero-order valence-corrected chi connectivity index (χ0v) is 16.2. The number of furan rings is 1. The average molecular weight is 371 g/mol. The molecule has 8 nitrogen and oxygen atoms in total. The van der Waals surface area contributed by atoms with Gasteiger partial charge in [-0.3, -0.25) is 9.89 Å². The third-order valence-electron chi connectivity index (χ3n) is 4.31. The van der Waals surface area contributed by atoms with E-state index < -0.39 is 0 Å². The van der Waals surface area contributed by atoms with Gasteiger partial charge >= 0.3 is 0 Å². The number of rotatable bonds is 8. The van der Waals surface area contributed by atoms with Crippen LogP contribution in [0.2, 0.25) is 0 Å². The molecule has 3 aromatic rings. The molecule has 144 valence electrons. The summed E-state index contributed by atoms with van der Waals surface area (Å²) in [4.78, 5) is 14.0. The van der Waals surface area contributed by atoms with Gasteiger partial charge in [0.05, 0.1) is 23.5 Å². The molecule has 0 atom stereocenters. The second-order valence-electron chi connectivity index (χ2n) is 6.71. The lowest BCUT2D eigenvalue weighted by atomic mass is 10.2. The van der Waals surface area contributed by atoms with Crippen molar-refractivity contribution in [2.45, 2.75) is 53.0 Å². The molecule has 0 aromatic carbocycles. The van der Waals surface area contributed by atoms with Gasteiger partial charge in [-0.2, -0.15) is 5.10 Å². The van der Waals surface area contributed by atoms with Crippen LogP contribution in [0.5, 0.6) is 0 Å². The van der Waals surface area contributed by atoms with Crippen LogP contribution in [0, 0.1) is 13.8 Å². The number of nitrogens with one attached hydrogen (secondary N) is 1. The molecule has 27 heavy (non-hydrogen) atoms. The molecule has 8 heteroatoms. The van der Waals surface area contributed by atoms with E-state index in [0.717, 1.165) is 41.3 Å². The Bertz CT molecular complexity index is 908. The lowest BCUT2D eigenvalue weighted by Crippen LogP contribution is -2.26. The zero-order valence-electron chi connectivity index (χ0n) is 16.2. The molecular weight excluding hydrogens is 346 g/mol. The summed E-state index contributed by atoms with van der Waals surface area (Å²) in [5.41, 5.74) is 2.74. The molecule has 1 N–H and O–H groups in total. The lowest BCUT2D eigenvalue weighted by molar-refractivity contribution is -0.130. The average Bonchev–Trinajstić information content (AvgIpc) is 3.33. The number of carbonyl (C=O) groups excluding carboxylic acids is 1. The summed E-state index contributed by atoms with van der Waals surface area (Å²) >= 11 is 0. The van der Waals surface area contributed by atoms with Gasteiger partial charge in [-0.15, -0.1) is 10.2 Å². The maximum absolute atomic E-state index is 12.4. The fourth-order valence-corrected chi connectivity index (χ4v) is 2.93. The lowest BCUT2D eigenvalue weighted by Gasteiger charge is -2.15. The summed E-state index contributed by atoms with van der Waals surface area (Å²) in [6, 6.07) is 3.87. The maximum atomic E-state index is 12.4. The Hall–Kier alpha value is -2.90. The third-order valence-corrected chi connectivity index (χ3v) is 4.31. The third kappa shape index (κ3) is 4.64. The van der Waals surface area contributed by atoms with Crippen LogP contribution in [-0.4, -0.2) is 38.2 Å². The number of carbonyl (C=O) groups is 1. The maximum Gasteiger partial charge on any atom is 0.251 e. The number of aromatic nitrogens is 4. The smallest absolute Gasteiger partial charge is 0.251 e. The van der Waals surface area contributed by atoms with Gasteiger partial charge in [0.15, 0.2) is 0 Å². The van der Waals surface area contributed by atoms with Gasteiger partial charge in [-0.1, -0.05) is 13.3 Å². The Morgan fingerprint density at radius 3 is 2.70 bits per heavy atom. The van der Waals surface area contributed by atoms with E-state index in [2.05, 4.69) is 27.3 Å². The topological polar surface area (TPSA) is 101 Å². The van der Waals surface area contributed by atoms with Crippen LogP contribution in [0.15, 0.2) is 21.0 Å². The molecule has 3 rings (SSSR count). The van der Waals surface area contributed by atoms with Gasteiger partial charge in [0.2, 0.25) is 11.8 Å². The van der Waals surface area contributed by atoms with Gasteiger partial charge in [0.1, 0.15) is 11.5 Å². The van der Waals surface area contributed by atoms with E-state index in [-0.39, 0.29) is 5.91 Å². The van der Waals surface area contributed by atoms with Gasteiger partial charge in [-0.25, -0.2) is 0 Å². The highest BCUT2D eigenvalue weighted by Gasteiger charge is 2.17. The molecule has 0 aliphatic carbocycles. The molecule has 1 amide bonds. The van der Waals surface area contributed by atoms with Gasteiger partial charge in [0.25, 0.3) is 5.89 Å². The largest absolute Gasteiger partial charge is 0.466 e. The molecule has 3 aromatic heterocycles. The Kier molecular flexibility index (Phi) is 5.73. The standard InChI is InChI=1S/C19H25N5O3/c1-5-6-14-10-15(21-20-14)11-24(4)18(25)8-7-17-22-23-19(27-17)16-9-12(2)26-13(16)3/h9-10H,5-8,11H2,1-4H3,(H,20,21). The van der Waals surface area contributed by atoms with Gasteiger partial charge in [0, 0.05) is 19.9 Å². The van der Waals surface area contributed by atoms with Crippen molar-refractivity contribution in [1.29, 1.82) is 0 Å². The van der Waals surface area contributed by atoms with Crippen LogP contribution in [0.1, 0.15) is 48.6 Å². The summed E-state index contributed by atoms with van der Waals surface area (Å²) < 4.78 is 11.2. The highest BCUT2D eigenvalue weighted by atomic mass is 16.4. The van der Waals surface area contributed by atoms with Crippen LogP contribution >= 0.6 is 0 Å². The van der Waals surface area contributed by atoms with Crippen LogP contribution < -0.4 is 0 Å². The minimum atomic E-state index is 0.0109. The van der Waals surface area contributed by atoms with E-state index in [1.54, 1.807) is 11.9 Å². The number of nitrogens with zero attached hydrogens (tertiary/aromatic N) is 4. The molecule has 0 aliphatic rings. The number of aryl methyl sites for hydroxylation is 4. The van der Waals surface area contributed by atoms with E-state index >= 15 is 0 Å². The van der Waals surface area contributed by atoms with Crippen molar-refractivity contribution in [2.75, 3.05) is 7.05 Å². The predicted molar refractivity (Wildman–Crippen MR) is 98.9 cm³/mol. The minimum Gasteiger partial charge on any atom is -0.466 e. The molecule has 0 aliphatic heterocycles. The van der Waals surface area contributed by atoms with E-state index in [9.17, 15) is 4.79 Å². The number of amides is 1. The molecule has 0 radical (unpaired) electrons. The zero-order chi connectivity index (χ0) is 19.4. The molecule has 0 unspecified atom stereocenters. The summed E-state index contributed by atoms with van der Waals surface area (Å²) in [7, 11) is 1.78. The monoisotopic (exact) mass is 371 g/mol. The van der Waals surface area contributed by atoms with Crippen molar-refractivity contribution in [3.05, 3.63) is 40.9 Å². The van der Waals surface area contributed by atoms with E-state index in [0.29, 0.717) is 31.2 Å². The molecule has 3 heterocycles. The number of H-pyrrole nitrogens is 1. The SMILES string of the molecule is CCCc1cc(CN(C)C(=O)CCc2nnc(-c3cc(C)oc3C)o2)[nH]n1. The van der Waals surface area contributed by atoms with Crippen LogP contribution in [0.25, 0.3) is 11.5 Å². The van der Waals surface area contributed by atoms with Crippen molar-refractivity contribution < 1.29 is 13.6 Å². The normalized spacial score (nSPS) is 11.1. The number of aromatic amines is 1. The molecule has 0 spiro atoms. The highest BCUT2D eigenvalue weighted by Crippen LogP contribution is 2.25. The van der Waals surface area contributed by atoms with Crippen molar-refractivity contribution >= 4 is 5.91 Å². The van der Waals surface area contributed by atoms with Crippen LogP contribution in [-0.2, 0) is 24.2 Å². The highest BCUT2D eigenvalue weighted by molar-refractivity contribution is 5.76. The van der Waals surface area contributed by atoms with E-state index in [4.69, 9.17) is 8.83 Å². The quantitative estimate of drug-likeness (QED) is 0.652. The van der Waals surface area contributed by atoms with Crippen molar-refractivity contribution in [3.8, 4) is 11.5 Å². The first kappa shape index (κ1) is 18.9. The summed E-state index contributed by atoms with van der Waals surface area (Å²) in [5.74, 6) is 2.40. The molecular formula is C19H25N5O3. The van der Waals surface area contributed by atoms with Crippen molar-refractivity contribution in [2.24, 2.45) is 0 Å². The molecule has 0 fully saturated rings. The number of hydrogen-bond acceptors (Lipinski definition) is 6. The summed E-state index contributed by atoms with van der Waals surface area (Å²) in [6.07, 6.45) is 2.68. The molecule has 0 saturated carbocycles. The minimum absolute atomic E-state index is 0.0109. The van der Waals surface area contributed by atoms with Crippen LogP contribution in [0.4, 0.5) is 0 Å². The predicted octanol–water partition coefficient (Wildman–Crippen LogP) is 3.21. The van der Waals surface area contributed by atoms with E-state index in [1.165, 1.54) is 0 Å².